The predicted octanol–water partition coefficient (Wildman–Crippen LogP) is 2.94. The zero-order valence-electron chi connectivity index (χ0n) is 9.01. The van der Waals surface area contributed by atoms with Crippen molar-refractivity contribution in [3.63, 3.8) is 0 Å². The van der Waals surface area contributed by atoms with Crippen LogP contribution in [0.2, 0.25) is 0 Å². The molecule has 2 aromatic rings. The summed E-state index contributed by atoms with van der Waals surface area (Å²) in [5, 5.41) is 0. The van der Waals surface area contributed by atoms with Gasteiger partial charge < -0.3 is 0 Å². The highest BCUT2D eigenvalue weighted by Crippen LogP contribution is 2.15. The zero-order chi connectivity index (χ0) is 12.3. The van der Waals surface area contributed by atoms with Gasteiger partial charge in [-0.25, -0.2) is 0 Å². The summed E-state index contributed by atoms with van der Waals surface area (Å²) in [6.07, 6.45) is 0.702. The lowest BCUT2D eigenvalue weighted by Gasteiger charge is -2.02. The van der Waals surface area contributed by atoms with Gasteiger partial charge in [0.15, 0.2) is 0 Å². The highest BCUT2D eigenvalue weighted by molar-refractivity contribution is 7.86. The molecule has 0 N–H and O–H groups in total. The van der Waals surface area contributed by atoms with Gasteiger partial charge >= 0.3 is 10.2 Å². The van der Waals surface area contributed by atoms with Crippen LogP contribution < -0.4 is 0 Å². The van der Waals surface area contributed by atoms with Crippen molar-refractivity contribution in [1.82, 2.24) is 0 Å². The summed E-state index contributed by atoms with van der Waals surface area (Å²) >= 11 is 0. The van der Waals surface area contributed by atoms with E-state index < -0.39 is 10.2 Å². The average molecular weight is 250 g/mol. The third-order valence-corrected chi connectivity index (χ3v) is 3.29. The monoisotopic (exact) mass is 250 g/mol. The van der Waals surface area contributed by atoms with E-state index in [0.717, 1.165) is 11.1 Å². The van der Waals surface area contributed by atoms with Crippen molar-refractivity contribution in [3.8, 4) is 0 Å². The molecule has 0 fully saturated rings. The fourth-order valence-corrected chi connectivity index (χ4v) is 2.06. The Labute approximate surface area is 99.9 Å². The molecular formula is C13H11FO2S. The van der Waals surface area contributed by atoms with Crippen LogP contribution in [0.1, 0.15) is 11.1 Å². The minimum Gasteiger partial charge on any atom is -0.189 e. The molecule has 0 saturated carbocycles. The van der Waals surface area contributed by atoms with Gasteiger partial charge in [0.1, 0.15) is 0 Å². The number of benzene rings is 2. The number of halogens is 1. The maximum atomic E-state index is 12.7. The topological polar surface area (TPSA) is 34.1 Å². The van der Waals surface area contributed by atoms with E-state index in [1.165, 1.54) is 12.1 Å². The van der Waals surface area contributed by atoms with E-state index in [1.807, 2.05) is 30.3 Å². The lowest BCUT2D eigenvalue weighted by Crippen LogP contribution is -1.93. The minimum absolute atomic E-state index is 0.297. The Hall–Kier alpha value is -1.68. The van der Waals surface area contributed by atoms with E-state index >= 15 is 0 Å². The molecule has 2 nitrogen and oxygen atoms in total. The minimum atomic E-state index is -4.59. The Morgan fingerprint density at radius 1 is 0.824 bits per heavy atom. The van der Waals surface area contributed by atoms with E-state index in [0.29, 0.717) is 6.42 Å². The van der Waals surface area contributed by atoms with Crippen molar-refractivity contribution in [2.75, 3.05) is 0 Å². The molecule has 4 heteroatoms. The Morgan fingerprint density at radius 2 is 1.35 bits per heavy atom. The van der Waals surface area contributed by atoms with Crippen molar-refractivity contribution in [2.24, 2.45) is 0 Å². The summed E-state index contributed by atoms with van der Waals surface area (Å²) in [4.78, 5) is -0.297. The zero-order valence-corrected chi connectivity index (χ0v) is 9.82. The predicted molar refractivity (Wildman–Crippen MR) is 64.0 cm³/mol. The SMILES string of the molecule is O=S(=O)(F)c1ccc(Cc2ccccc2)cc1. The fourth-order valence-electron chi connectivity index (χ4n) is 1.60. The molecule has 0 aliphatic rings. The molecule has 17 heavy (non-hydrogen) atoms. The number of hydrogen-bond acceptors (Lipinski definition) is 2. The Balaban J connectivity index is 2.20. The molecule has 0 heterocycles. The Bertz CT molecular complexity index is 589. The molecule has 2 rings (SSSR count). The van der Waals surface area contributed by atoms with E-state index in [9.17, 15) is 12.3 Å². The van der Waals surface area contributed by atoms with Crippen LogP contribution in [0.4, 0.5) is 3.89 Å². The molecule has 0 atom stereocenters. The van der Waals surface area contributed by atoms with Crippen molar-refractivity contribution < 1.29 is 12.3 Å². The molecular weight excluding hydrogens is 239 g/mol. The maximum Gasteiger partial charge on any atom is 0.332 e. The summed E-state index contributed by atoms with van der Waals surface area (Å²) in [6, 6.07) is 15.6. The van der Waals surface area contributed by atoms with Crippen LogP contribution in [0.5, 0.6) is 0 Å². The molecule has 2 aromatic carbocycles. The summed E-state index contributed by atoms with van der Waals surface area (Å²) in [6.45, 7) is 0. The first-order valence-corrected chi connectivity index (χ1v) is 6.51. The van der Waals surface area contributed by atoms with Crippen LogP contribution in [0.3, 0.4) is 0 Å². The fraction of sp³-hybridized carbons (Fsp3) is 0.0769. The lowest BCUT2D eigenvalue weighted by molar-refractivity contribution is 0.552. The van der Waals surface area contributed by atoms with Crippen molar-refractivity contribution >= 4 is 10.2 Å². The molecule has 0 saturated heterocycles. The first-order valence-electron chi connectivity index (χ1n) is 5.13. The van der Waals surface area contributed by atoms with Crippen molar-refractivity contribution in [3.05, 3.63) is 65.7 Å². The van der Waals surface area contributed by atoms with Gasteiger partial charge in [-0.15, -0.1) is 3.89 Å². The maximum absolute atomic E-state index is 12.7. The molecule has 0 aliphatic heterocycles. The second-order valence-corrected chi connectivity index (χ2v) is 5.09. The van der Waals surface area contributed by atoms with Gasteiger partial charge in [-0.3, -0.25) is 0 Å². The molecule has 0 amide bonds. The van der Waals surface area contributed by atoms with E-state index in [2.05, 4.69) is 0 Å². The van der Waals surface area contributed by atoms with E-state index in [-0.39, 0.29) is 4.90 Å². The highest BCUT2D eigenvalue weighted by atomic mass is 32.3. The lowest BCUT2D eigenvalue weighted by atomic mass is 10.1. The van der Waals surface area contributed by atoms with Crippen LogP contribution in [-0.2, 0) is 16.6 Å². The van der Waals surface area contributed by atoms with Crippen LogP contribution in [0.25, 0.3) is 0 Å². The van der Waals surface area contributed by atoms with E-state index in [4.69, 9.17) is 0 Å². The standard InChI is InChI=1S/C13H11FO2S/c14-17(15,16)13-8-6-12(7-9-13)10-11-4-2-1-3-5-11/h1-9H,10H2. The van der Waals surface area contributed by atoms with Crippen molar-refractivity contribution in [2.45, 2.75) is 11.3 Å². The van der Waals surface area contributed by atoms with Crippen molar-refractivity contribution in [1.29, 1.82) is 0 Å². The number of rotatable bonds is 3. The van der Waals surface area contributed by atoms with Gasteiger partial charge in [0.05, 0.1) is 4.90 Å². The average Bonchev–Trinajstić information content (AvgIpc) is 2.30. The first kappa shape index (κ1) is 11.8. The molecule has 0 unspecified atom stereocenters. The molecule has 0 aliphatic carbocycles. The van der Waals surface area contributed by atoms with Crippen LogP contribution >= 0.6 is 0 Å². The number of hydrogen-bond donors (Lipinski definition) is 0. The smallest absolute Gasteiger partial charge is 0.189 e. The molecule has 0 aromatic heterocycles. The largest absolute Gasteiger partial charge is 0.332 e. The summed E-state index contributed by atoms with van der Waals surface area (Å²) < 4.78 is 33.9. The Kier molecular flexibility index (Phi) is 3.24. The highest BCUT2D eigenvalue weighted by Gasteiger charge is 2.10. The van der Waals surface area contributed by atoms with Gasteiger partial charge in [0.2, 0.25) is 0 Å². The molecule has 0 bridgehead atoms. The first-order chi connectivity index (χ1) is 8.05. The molecule has 88 valence electrons. The quantitative estimate of drug-likeness (QED) is 0.785. The summed E-state index contributed by atoms with van der Waals surface area (Å²) in [5.41, 5.74) is 2.08. The molecule has 0 radical (unpaired) electrons. The van der Waals surface area contributed by atoms with Gasteiger partial charge in [-0.2, -0.15) is 8.42 Å². The normalized spacial score (nSPS) is 11.4. The summed E-state index contributed by atoms with van der Waals surface area (Å²) in [5.74, 6) is 0. The van der Waals surface area contributed by atoms with Gasteiger partial charge in [0, 0.05) is 0 Å². The molecule has 0 spiro atoms. The summed E-state index contributed by atoms with van der Waals surface area (Å²) in [7, 11) is -4.59. The van der Waals surface area contributed by atoms with Crippen LogP contribution in [-0.4, -0.2) is 8.42 Å². The van der Waals surface area contributed by atoms with Crippen LogP contribution in [0.15, 0.2) is 59.5 Å². The third-order valence-electron chi connectivity index (χ3n) is 2.46. The van der Waals surface area contributed by atoms with Gasteiger partial charge in [-0.1, -0.05) is 42.5 Å². The third kappa shape index (κ3) is 3.14. The van der Waals surface area contributed by atoms with Crippen LogP contribution in [0, 0.1) is 0 Å². The second-order valence-electron chi connectivity index (χ2n) is 3.74. The van der Waals surface area contributed by atoms with E-state index in [1.54, 1.807) is 12.1 Å². The second kappa shape index (κ2) is 4.67. The Morgan fingerprint density at radius 3 is 1.88 bits per heavy atom. The van der Waals surface area contributed by atoms with Gasteiger partial charge in [0.25, 0.3) is 0 Å². The van der Waals surface area contributed by atoms with Gasteiger partial charge in [-0.05, 0) is 29.7 Å².